The first-order valence-corrected chi connectivity index (χ1v) is 9.18. The Balaban J connectivity index is 1.69. The van der Waals surface area contributed by atoms with Crippen LogP contribution >= 0.6 is 35.3 Å². The predicted molar refractivity (Wildman–Crippen MR) is 83.4 cm³/mol. The standard InChI is InChI=1S/C11H12N4O3S3/c1-3-13-15-8(21-11(15)20-3)4-2-19-9-5(12)7(16)14(9)6(4)10(17)18/h5,8-9,11H,2,12H2,1H3,(H,17,18). The van der Waals surface area contributed by atoms with Gasteiger partial charge in [0.25, 0.3) is 0 Å². The van der Waals surface area contributed by atoms with Crippen molar-refractivity contribution in [2.75, 3.05) is 5.75 Å². The average molecular weight is 344 g/mol. The number of carbonyl (C=O) groups is 2. The summed E-state index contributed by atoms with van der Waals surface area (Å²) >= 11 is 4.88. The van der Waals surface area contributed by atoms with Gasteiger partial charge in [-0.25, -0.2) is 4.79 Å². The van der Waals surface area contributed by atoms with Crippen LogP contribution in [0.4, 0.5) is 0 Å². The Hall–Kier alpha value is -0.840. The van der Waals surface area contributed by atoms with Crippen molar-refractivity contribution in [1.82, 2.24) is 9.91 Å². The van der Waals surface area contributed by atoms with Crippen LogP contribution in [0.1, 0.15) is 6.92 Å². The second kappa shape index (κ2) is 4.58. The number of hydrogen-bond acceptors (Lipinski definition) is 8. The number of carboxylic acids is 1. The number of carbonyl (C=O) groups excluding carboxylic acids is 1. The molecule has 0 aromatic rings. The smallest absolute Gasteiger partial charge is 0.352 e. The number of β-lactam (4-membered cyclic amide) rings is 1. The molecule has 4 unspecified atom stereocenters. The minimum absolute atomic E-state index is 0.0934. The number of carboxylic acid groups (broad SMARTS) is 1. The highest BCUT2D eigenvalue weighted by Gasteiger charge is 2.55. The van der Waals surface area contributed by atoms with Gasteiger partial charge < -0.3 is 10.8 Å². The molecule has 4 aliphatic heterocycles. The number of amides is 1. The Morgan fingerprint density at radius 1 is 1.52 bits per heavy atom. The molecule has 0 bridgehead atoms. The van der Waals surface area contributed by atoms with Crippen molar-refractivity contribution >= 4 is 52.2 Å². The molecular weight excluding hydrogens is 332 g/mol. The lowest BCUT2D eigenvalue weighted by atomic mass is 10.0. The van der Waals surface area contributed by atoms with Crippen LogP contribution in [-0.2, 0) is 9.59 Å². The number of fused-ring (bicyclic) bond motifs is 2. The minimum Gasteiger partial charge on any atom is -0.477 e. The van der Waals surface area contributed by atoms with E-state index in [1.54, 1.807) is 23.5 Å². The molecule has 1 amide bonds. The molecule has 2 fully saturated rings. The quantitative estimate of drug-likeness (QED) is 0.691. The van der Waals surface area contributed by atoms with Gasteiger partial charge in [-0.1, -0.05) is 23.5 Å². The maximum atomic E-state index is 11.9. The normalized spacial score (nSPS) is 37.6. The molecule has 112 valence electrons. The van der Waals surface area contributed by atoms with Crippen molar-refractivity contribution in [1.29, 1.82) is 0 Å². The lowest BCUT2D eigenvalue weighted by molar-refractivity contribution is -0.148. The van der Waals surface area contributed by atoms with Crippen molar-refractivity contribution in [2.45, 2.75) is 28.4 Å². The Labute approximate surface area is 133 Å². The summed E-state index contributed by atoms with van der Waals surface area (Å²) in [5, 5.41) is 16.5. The number of rotatable bonds is 2. The maximum absolute atomic E-state index is 11.9. The molecule has 0 aromatic carbocycles. The van der Waals surface area contributed by atoms with Crippen LogP contribution in [-0.4, -0.2) is 59.2 Å². The Bertz CT molecular complexity index is 622. The van der Waals surface area contributed by atoms with E-state index in [4.69, 9.17) is 5.73 Å². The fraction of sp³-hybridized carbons (Fsp3) is 0.545. The molecule has 4 atom stereocenters. The lowest BCUT2D eigenvalue weighted by Crippen LogP contribution is -2.69. The second-order valence-electron chi connectivity index (χ2n) is 5.03. The van der Waals surface area contributed by atoms with E-state index in [-0.39, 0.29) is 27.1 Å². The van der Waals surface area contributed by atoms with Gasteiger partial charge in [0.2, 0.25) is 5.91 Å². The molecule has 7 nitrogen and oxygen atoms in total. The maximum Gasteiger partial charge on any atom is 0.352 e. The molecular formula is C11H12N4O3S3. The zero-order chi connectivity index (χ0) is 14.9. The number of hydrogen-bond donors (Lipinski definition) is 2. The van der Waals surface area contributed by atoms with E-state index in [0.717, 1.165) is 10.6 Å². The first-order chi connectivity index (χ1) is 9.99. The highest BCUT2D eigenvalue weighted by Crippen LogP contribution is 2.54. The van der Waals surface area contributed by atoms with Crippen LogP contribution in [0, 0.1) is 0 Å². The molecule has 3 N–H and O–H groups in total. The summed E-state index contributed by atoms with van der Waals surface area (Å²) in [5.74, 6) is -0.796. The van der Waals surface area contributed by atoms with Gasteiger partial charge in [0.15, 0.2) is 0 Å². The van der Waals surface area contributed by atoms with E-state index in [1.165, 1.54) is 16.7 Å². The van der Waals surface area contributed by atoms with E-state index in [2.05, 4.69) is 5.10 Å². The number of hydrazone groups is 1. The average Bonchev–Trinajstić information content (AvgIpc) is 2.73. The molecule has 4 heterocycles. The molecule has 4 aliphatic rings. The molecule has 21 heavy (non-hydrogen) atoms. The summed E-state index contributed by atoms with van der Waals surface area (Å²) in [4.78, 5) is 24.9. The molecule has 0 aliphatic carbocycles. The predicted octanol–water partition coefficient (Wildman–Crippen LogP) is 0.306. The van der Waals surface area contributed by atoms with E-state index >= 15 is 0 Å². The molecule has 10 heteroatoms. The van der Waals surface area contributed by atoms with Crippen molar-refractivity contribution in [2.24, 2.45) is 10.8 Å². The van der Waals surface area contributed by atoms with Gasteiger partial charge >= 0.3 is 5.97 Å². The Kier molecular flexibility index (Phi) is 3.01. The SMILES string of the molecule is CC1=NN2C(S1)SC2C1=C(C(=O)O)N2C(=O)C(N)C2SC1. The van der Waals surface area contributed by atoms with Gasteiger partial charge in [-0.15, -0.1) is 11.8 Å². The number of aliphatic carboxylic acids is 1. The summed E-state index contributed by atoms with van der Waals surface area (Å²) in [6.07, 6.45) is 0. The molecule has 0 aromatic heterocycles. The van der Waals surface area contributed by atoms with Gasteiger partial charge in [0.1, 0.15) is 27.2 Å². The Morgan fingerprint density at radius 2 is 2.29 bits per heavy atom. The highest BCUT2D eigenvalue weighted by atomic mass is 32.2. The first kappa shape index (κ1) is 13.8. The van der Waals surface area contributed by atoms with E-state index < -0.39 is 12.0 Å². The van der Waals surface area contributed by atoms with Crippen LogP contribution in [0.2, 0.25) is 0 Å². The number of nitrogens with two attached hydrogens (primary N) is 1. The first-order valence-electron chi connectivity index (χ1n) is 6.31. The third-order valence-corrected chi connectivity index (χ3v) is 7.76. The fourth-order valence-corrected chi connectivity index (χ4v) is 6.92. The van der Waals surface area contributed by atoms with E-state index in [0.29, 0.717) is 5.75 Å². The molecule has 0 radical (unpaired) electrons. The van der Waals surface area contributed by atoms with Crippen LogP contribution in [0.15, 0.2) is 16.4 Å². The summed E-state index contributed by atoms with van der Waals surface area (Å²) in [7, 11) is 0. The van der Waals surface area contributed by atoms with Crippen LogP contribution in [0.5, 0.6) is 0 Å². The summed E-state index contributed by atoms with van der Waals surface area (Å²) < 4.78 is 0.231. The van der Waals surface area contributed by atoms with Gasteiger partial charge in [-0.3, -0.25) is 14.7 Å². The third kappa shape index (κ3) is 1.79. The van der Waals surface area contributed by atoms with Crippen molar-refractivity contribution < 1.29 is 14.7 Å². The molecule has 4 rings (SSSR count). The van der Waals surface area contributed by atoms with Gasteiger partial charge in [0.05, 0.1) is 5.04 Å². The number of nitrogens with zero attached hydrogens (tertiary/aromatic N) is 3. The molecule has 0 spiro atoms. The van der Waals surface area contributed by atoms with Crippen molar-refractivity contribution in [3.63, 3.8) is 0 Å². The van der Waals surface area contributed by atoms with E-state index in [1.807, 2.05) is 11.9 Å². The Morgan fingerprint density at radius 3 is 2.95 bits per heavy atom. The fourth-order valence-electron chi connectivity index (χ4n) is 2.77. The highest BCUT2D eigenvalue weighted by molar-refractivity contribution is 8.26. The van der Waals surface area contributed by atoms with Crippen LogP contribution < -0.4 is 5.73 Å². The van der Waals surface area contributed by atoms with Crippen LogP contribution in [0.25, 0.3) is 0 Å². The van der Waals surface area contributed by atoms with Gasteiger partial charge in [-0.05, 0) is 6.92 Å². The summed E-state index contributed by atoms with van der Waals surface area (Å²) in [5.41, 5.74) is 6.60. The topological polar surface area (TPSA) is 99.2 Å². The van der Waals surface area contributed by atoms with Gasteiger partial charge in [-0.2, -0.15) is 5.10 Å². The van der Waals surface area contributed by atoms with E-state index in [9.17, 15) is 14.7 Å². The summed E-state index contributed by atoms with van der Waals surface area (Å²) in [6.45, 7) is 1.94. The molecule has 2 saturated heterocycles. The molecule has 0 saturated carbocycles. The third-order valence-electron chi connectivity index (χ3n) is 3.77. The largest absolute Gasteiger partial charge is 0.477 e. The van der Waals surface area contributed by atoms with Crippen molar-refractivity contribution in [3.05, 3.63) is 11.3 Å². The zero-order valence-corrected chi connectivity index (χ0v) is 13.4. The second-order valence-corrected chi connectivity index (χ2v) is 8.87. The zero-order valence-electron chi connectivity index (χ0n) is 10.9. The number of thioether (sulfide) groups is 3. The van der Waals surface area contributed by atoms with Gasteiger partial charge in [0, 0.05) is 11.3 Å². The monoisotopic (exact) mass is 344 g/mol. The van der Waals surface area contributed by atoms with Crippen LogP contribution in [0.3, 0.4) is 0 Å². The minimum atomic E-state index is -1.06. The lowest BCUT2D eigenvalue weighted by Gasteiger charge is -2.51. The summed E-state index contributed by atoms with van der Waals surface area (Å²) in [6, 6.07) is -0.588. The van der Waals surface area contributed by atoms with Crippen molar-refractivity contribution in [3.8, 4) is 0 Å².